The van der Waals surface area contributed by atoms with Crippen LogP contribution < -0.4 is 11.1 Å². The number of likely N-dealkylation sites (N-methyl/N-ethyl adjacent to an activating group) is 1. The van der Waals surface area contributed by atoms with E-state index in [-0.39, 0.29) is 24.1 Å². The SMILES string of the molecule is CCCC(Br)C(=O)Nc1ccc2c(c1O)C(=O)C1C(=O)[C@]3(O)C(=O)C(C(N)=O)C(=O)[C@@H](N(C)C)C3CC1C2. The molecule has 204 valence electrons. The number of carbonyl (C=O) groups excluding carboxylic acids is 6. The second-order valence-electron chi connectivity index (χ2n) is 10.5. The zero-order chi connectivity index (χ0) is 28.3. The number of phenols is 1. The second kappa shape index (κ2) is 9.97. The fourth-order valence-electron chi connectivity index (χ4n) is 6.28. The van der Waals surface area contributed by atoms with Gasteiger partial charge in [-0.1, -0.05) is 35.3 Å². The normalized spacial score (nSPS) is 31.4. The van der Waals surface area contributed by atoms with Crippen LogP contribution in [0.2, 0.25) is 0 Å². The van der Waals surface area contributed by atoms with E-state index in [1.165, 1.54) is 25.1 Å². The molecule has 5 N–H and O–H groups in total. The smallest absolute Gasteiger partial charge is 0.238 e. The number of phenolic OH excluding ortho intramolecular Hbond substituents is 1. The number of nitrogens with one attached hydrogen (secondary N) is 1. The first-order valence-corrected chi connectivity index (χ1v) is 13.3. The Labute approximate surface area is 227 Å². The van der Waals surface area contributed by atoms with Crippen molar-refractivity contribution in [3.8, 4) is 5.75 Å². The van der Waals surface area contributed by atoms with Crippen LogP contribution >= 0.6 is 15.9 Å². The molecule has 0 aromatic heterocycles. The average molecular weight is 592 g/mol. The highest BCUT2D eigenvalue weighted by atomic mass is 79.9. The van der Waals surface area contributed by atoms with E-state index in [4.69, 9.17) is 5.73 Å². The number of hydrogen-bond donors (Lipinski definition) is 4. The first-order chi connectivity index (χ1) is 17.8. The summed E-state index contributed by atoms with van der Waals surface area (Å²) in [6.45, 7) is 1.91. The Hall–Kier alpha value is -2.96. The number of primary amides is 1. The molecule has 1 aromatic carbocycles. The quantitative estimate of drug-likeness (QED) is 0.206. The number of fused-ring (bicyclic) bond motifs is 3. The summed E-state index contributed by atoms with van der Waals surface area (Å²) in [6.07, 6.45) is 1.42. The number of nitrogens with two attached hydrogens (primary N) is 1. The molecule has 0 aliphatic heterocycles. The maximum atomic E-state index is 13.8. The maximum Gasteiger partial charge on any atom is 0.238 e. The van der Waals surface area contributed by atoms with Gasteiger partial charge in [0.25, 0.3) is 0 Å². The molecule has 0 spiro atoms. The van der Waals surface area contributed by atoms with Gasteiger partial charge in [-0.25, -0.2) is 0 Å². The number of rotatable bonds is 6. The van der Waals surface area contributed by atoms with Crippen LogP contribution in [0.4, 0.5) is 5.69 Å². The number of ketones is 4. The number of Topliss-reactive ketones (excluding diaryl/α,β-unsaturated/α-hetero) is 4. The third-order valence-corrected chi connectivity index (χ3v) is 8.89. The van der Waals surface area contributed by atoms with Crippen LogP contribution in [0.25, 0.3) is 0 Å². The predicted octanol–water partition coefficient (Wildman–Crippen LogP) is 0.369. The van der Waals surface area contributed by atoms with E-state index in [2.05, 4.69) is 21.2 Å². The van der Waals surface area contributed by atoms with E-state index in [9.17, 15) is 39.0 Å². The van der Waals surface area contributed by atoms with E-state index >= 15 is 0 Å². The Balaban J connectivity index is 1.76. The number of amides is 2. The fraction of sp³-hybridized carbons (Fsp3) is 0.538. The second-order valence-corrected chi connectivity index (χ2v) is 11.6. The van der Waals surface area contributed by atoms with Crippen LogP contribution in [-0.4, -0.2) is 80.6 Å². The van der Waals surface area contributed by atoms with Crippen molar-refractivity contribution in [3.63, 3.8) is 0 Å². The monoisotopic (exact) mass is 591 g/mol. The summed E-state index contributed by atoms with van der Waals surface area (Å²) in [6, 6.07) is 1.90. The summed E-state index contributed by atoms with van der Waals surface area (Å²) >= 11 is 3.28. The van der Waals surface area contributed by atoms with Gasteiger partial charge in [0.2, 0.25) is 11.8 Å². The zero-order valence-corrected chi connectivity index (χ0v) is 22.8. The molecule has 7 atom stereocenters. The molecule has 0 bridgehead atoms. The molecule has 38 heavy (non-hydrogen) atoms. The van der Waals surface area contributed by atoms with Gasteiger partial charge < -0.3 is 21.3 Å². The Morgan fingerprint density at radius 2 is 1.87 bits per heavy atom. The molecule has 3 aliphatic rings. The van der Waals surface area contributed by atoms with Crippen LogP contribution in [0.15, 0.2) is 12.1 Å². The van der Waals surface area contributed by atoms with Gasteiger partial charge in [0, 0.05) is 5.92 Å². The Morgan fingerprint density at radius 3 is 2.45 bits per heavy atom. The summed E-state index contributed by atoms with van der Waals surface area (Å²) < 4.78 is 0. The molecule has 0 heterocycles. The van der Waals surface area contributed by atoms with Crippen molar-refractivity contribution >= 4 is 56.6 Å². The van der Waals surface area contributed by atoms with E-state index in [1.807, 2.05) is 6.92 Å². The lowest BCUT2D eigenvalue weighted by molar-refractivity contribution is -0.181. The first-order valence-electron chi connectivity index (χ1n) is 12.4. The molecule has 0 radical (unpaired) electrons. The molecule has 2 amide bonds. The third kappa shape index (κ3) is 4.09. The maximum absolute atomic E-state index is 13.8. The van der Waals surface area contributed by atoms with Crippen molar-refractivity contribution in [1.82, 2.24) is 4.90 Å². The van der Waals surface area contributed by atoms with Crippen molar-refractivity contribution < 1.29 is 39.0 Å². The number of hydrogen-bond acceptors (Lipinski definition) is 9. The van der Waals surface area contributed by atoms with E-state index in [0.29, 0.717) is 12.0 Å². The largest absolute Gasteiger partial charge is 0.505 e. The van der Waals surface area contributed by atoms with Crippen LogP contribution in [0.3, 0.4) is 0 Å². The number of anilines is 1. The van der Waals surface area contributed by atoms with Crippen LogP contribution in [0, 0.1) is 23.7 Å². The lowest BCUT2D eigenvalue weighted by atomic mass is 9.52. The minimum Gasteiger partial charge on any atom is -0.505 e. The summed E-state index contributed by atoms with van der Waals surface area (Å²) in [5.74, 6) is -11.6. The summed E-state index contributed by atoms with van der Waals surface area (Å²) in [4.78, 5) is 79.3. The van der Waals surface area contributed by atoms with Gasteiger partial charge in [0.1, 0.15) is 5.75 Å². The minimum atomic E-state index is -2.78. The molecular weight excluding hydrogens is 562 g/mol. The number of carbonyl (C=O) groups is 6. The molecule has 1 aromatic rings. The lowest BCUT2D eigenvalue weighted by Gasteiger charge is -2.52. The Bertz CT molecular complexity index is 1260. The van der Waals surface area contributed by atoms with E-state index in [0.717, 1.165) is 6.42 Å². The molecule has 2 saturated carbocycles. The minimum absolute atomic E-state index is 0.0123. The molecule has 3 aliphatic carbocycles. The number of nitrogens with zero attached hydrogens (tertiary/aromatic N) is 1. The van der Waals surface area contributed by atoms with Gasteiger partial charge in [-0.15, -0.1) is 0 Å². The highest BCUT2D eigenvalue weighted by Crippen LogP contribution is 2.51. The summed E-state index contributed by atoms with van der Waals surface area (Å²) in [5, 5.41) is 25.1. The number of alkyl halides is 1. The molecule has 0 saturated heterocycles. The topological polar surface area (TPSA) is 184 Å². The van der Waals surface area contributed by atoms with Crippen LogP contribution in [-0.2, 0) is 30.4 Å². The van der Waals surface area contributed by atoms with Gasteiger partial charge in [-0.05, 0) is 50.9 Å². The number of aromatic hydroxyl groups is 1. The average Bonchev–Trinajstić information content (AvgIpc) is 2.82. The number of aliphatic hydroxyl groups is 1. The van der Waals surface area contributed by atoms with E-state index < -0.39 is 80.8 Å². The molecular formula is C26H30BrN3O8. The predicted molar refractivity (Wildman–Crippen MR) is 138 cm³/mol. The van der Waals surface area contributed by atoms with Crippen LogP contribution in [0.5, 0.6) is 5.75 Å². The highest BCUT2D eigenvalue weighted by molar-refractivity contribution is 9.10. The van der Waals surface area contributed by atoms with Gasteiger partial charge >= 0.3 is 0 Å². The Morgan fingerprint density at radius 1 is 1.21 bits per heavy atom. The highest BCUT2D eigenvalue weighted by Gasteiger charge is 2.69. The van der Waals surface area contributed by atoms with Crippen molar-refractivity contribution in [3.05, 3.63) is 23.3 Å². The van der Waals surface area contributed by atoms with Gasteiger partial charge in [0.15, 0.2) is 34.7 Å². The fourth-order valence-corrected chi connectivity index (χ4v) is 6.85. The first kappa shape index (κ1) is 28.1. The third-order valence-electron chi connectivity index (χ3n) is 8.02. The van der Waals surface area contributed by atoms with E-state index in [1.54, 1.807) is 6.07 Å². The van der Waals surface area contributed by atoms with Crippen molar-refractivity contribution in [2.24, 2.45) is 29.4 Å². The van der Waals surface area contributed by atoms with Crippen molar-refractivity contribution in [2.45, 2.75) is 49.1 Å². The molecule has 11 nitrogen and oxygen atoms in total. The standard InChI is InChI=1S/C26H30BrN3O8/c1-4-5-13(27)25(37)29-14-7-6-10-8-11-9-12-18(30(2)3)21(33)17(24(28)36)23(35)26(12,38)22(34)16(11)20(32)15(10)19(14)31/h6-7,11-13,16-18,31,38H,4-5,8-9H2,1-3H3,(H2,28,36)(H,29,37)/t11?,12?,13?,16?,17?,18-,26-/m0/s1. The molecule has 12 heteroatoms. The lowest BCUT2D eigenvalue weighted by Crippen LogP contribution is -2.74. The van der Waals surface area contributed by atoms with Crippen molar-refractivity contribution in [1.29, 1.82) is 0 Å². The van der Waals surface area contributed by atoms with Gasteiger partial charge in [-0.3, -0.25) is 33.7 Å². The summed E-state index contributed by atoms with van der Waals surface area (Å²) in [5.41, 5.74) is 2.80. The molecule has 5 unspecified atom stereocenters. The van der Waals surface area contributed by atoms with Crippen LogP contribution in [0.1, 0.15) is 42.1 Å². The van der Waals surface area contributed by atoms with Gasteiger partial charge in [-0.2, -0.15) is 0 Å². The summed E-state index contributed by atoms with van der Waals surface area (Å²) in [7, 11) is 3.06. The Kier molecular flexibility index (Phi) is 7.36. The number of halogens is 1. The van der Waals surface area contributed by atoms with Crippen molar-refractivity contribution in [2.75, 3.05) is 19.4 Å². The zero-order valence-electron chi connectivity index (χ0n) is 21.2. The number of benzene rings is 1. The molecule has 2 fully saturated rings. The van der Waals surface area contributed by atoms with Gasteiger partial charge in [0.05, 0.1) is 28.0 Å². The molecule has 4 rings (SSSR count).